The molecule has 2 nitrogen and oxygen atoms in total. The van der Waals surface area contributed by atoms with Crippen LogP contribution in [0.15, 0.2) is 30.3 Å². The van der Waals surface area contributed by atoms with Crippen LogP contribution < -0.4 is 5.73 Å². The number of alkyl halides is 2. The van der Waals surface area contributed by atoms with Crippen LogP contribution in [0, 0.1) is 11.8 Å². The molecule has 2 unspecified atom stereocenters. The minimum absolute atomic E-state index is 0.0130. The molecule has 0 aromatic heterocycles. The molecule has 0 aliphatic heterocycles. The van der Waals surface area contributed by atoms with Gasteiger partial charge >= 0.3 is 0 Å². The van der Waals surface area contributed by atoms with Crippen LogP contribution in [0.5, 0.6) is 0 Å². The monoisotopic (exact) mass is 283 g/mol. The standard InChI is InChI=1S/C16H23F2NO/c17-16(18,15-8-2-1-3-9-15)12-20-11-14-7-5-4-6-13(14)10-19/h1-3,8-9,13-14H,4-7,10-12,19H2. The molecule has 2 N–H and O–H groups in total. The Hall–Kier alpha value is -1.00. The van der Waals surface area contributed by atoms with Gasteiger partial charge in [-0.3, -0.25) is 0 Å². The zero-order valence-electron chi connectivity index (χ0n) is 11.7. The molecule has 2 atom stereocenters. The maximum atomic E-state index is 13.9. The van der Waals surface area contributed by atoms with E-state index in [0.717, 1.165) is 19.3 Å². The zero-order chi connectivity index (χ0) is 14.4. The molecule has 0 saturated heterocycles. The lowest BCUT2D eigenvalue weighted by Crippen LogP contribution is -2.31. The summed E-state index contributed by atoms with van der Waals surface area (Å²) in [5, 5.41) is 0. The minimum Gasteiger partial charge on any atom is -0.375 e. The Bertz CT molecular complexity index is 397. The Labute approximate surface area is 119 Å². The van der Waals surface area contributed by atoms with Gasteiger partial charge in [-0.05, 0) is 31.2 Å². The van der Waals surface area contributed by atoms with Gasteiger partial charge in [-0.1, -0.05) is 43.2 Å². The number of benzene rings is 1. The SMILES string of the molecule is NCC1CCCCC1COCC(F)(F)c1ccccc1. The molecule has 0 heterocycles. The second-order valence-corrected chi connectivity index (χ2v) is 5.63. The topological polar surface area (TPSA) is 35.2 Å². The van der Waals surface area contributed by atoms with Crippen molar-refractivity contribution in [3.8, 4) is 0 Å². The second-order valence-electron chi connectivity index (χ2n) is 5.63. The first-order valence-electron chi connectivity index (χ1n) is 7.34. The molecule has 112 valence electrons. The van der Waals surface area contributed by atoms with Crippen molar-refractivity contribution in [2.45, 2.75) is 31.6 Å². The number of rotatable bonds is 6. The maximum absolute atomic E-state index is 13.9. The molecule has 4 heteroatoms. The van der Waals surface area contributed by atoms with Crippen molar-refractivity contribution >= 4 is 0 Å². The lowest BCUT2D eigenvalue weighted by molar-refractivity contribution is -0.0934. The van der Waals surface area contributed by atoms with Crippen molar-refractivity contribution in [1.29, 1.82) is 0 Å². The molecule has 1 aromatic carbocycles. The third-order valence-corrected chi connectivity index (χ3v) is 4.18. The molecule has 0 amide bonds. The fourth-order valence-corrected chi connectivity index (χ4v) is 2.92. The van der Waals surface area contributed by atoms with E-state index in [1.807, 2.05) is 0 Å². The highest BCUT2D eigenvalue weighted by atomic mass is 19.3. The van der Waals surface area contributed by atoms with Gasteiger partial charge in [-0.15, -0.1) is 0 Å². The van der Waals surface area contributed by atoms with Crippen molar-refractivity contribution < 1.29 is 13.5 Å². The zero-order valence-corrected chi connectivity index (χ0v) is 11.7. The van der Waals surface area contributed by atoms with E-state index in [1.54, 1.807) is 18.2 Å². The van der Waals surface area contributed by atoms with E-state index in [1.165, 1.54) is 18.6 Å². The van der Waals surface area contributed by atoms with Crippen molar-refractivity contribution in [2.24, 2.45) is 17.6 Å². The van der Waals surface area contributed by atoms with E-state index in [0.29, 0.717) is 25.0 Å². The van der Waals surface area contributed by atoms with E-state index in [4.69, 9.17) is 10.5 Å². The summed E-state index contributed by atoms with van der Waals surface area (Å²) in [5.74, 6) is -2.16. The number of hydrogen-bond donors (Lipinski definition) is 1. The molecule has 1 fully saturated rings. The average Bonchev–Trinajstić information content (AvgIpc) is 2.48. The molecule has 0 radical (unpaired) electrons. The van der Waals surface area contributed by atoms with Crippen LogP contribution in [0.2, 0.25) is 0 Å². The van der Waals surface area contributed by atoms with E-state index in [-0.39, 0.29) is 5.56 Å². The van der Waals surface area contributed by atoms with Gasteiger partial charge in [0.2, 0.25) is 0 Å². The van der Waals surface area contributed by atoms with Crippen molar-refractivity contribution in [3.63, 3.8) is 0 Å². The van der Waals surface area contributed by atoms with E-state index >= 15 is 0 Å². The molecular weight excluding hydrogens is 260 g/mol. The smallest absolute Gasteiger partial charge is 0.296 e. The second kappa shape index (κ2) is 7.14. The van der Waals surface area contributed by atoms with Crippen LogP contribution in [0.1, 0.15) is 31.2 Å². The van der Waals surface area contributed by atoms with Crippen LogP contribution in [-0.4, -0.2) is 19.8 Å². The minimum atomic E-state index is -2.92. The van der Waals surface area contributed by atoms with Crippen LogP contribution in [0.25, 0.3) is 0 Å². The summed E-state index contributed by atoms with van der Waals surface area (Å²) in [7, 11) is 0. The molecule has 2 rings (SSSR count). The van der Waals surface area contributed by atoms with Gasteiger partial charge in [-0.25, -0.2) is 0 Å². The van der Waals surface area contributed by atoms with Crippen molar-refractivity contribution in [3.05, 3.63) is 35.9 Å². The normalized spacial score (nSPS) is 23.8. The van der Waals surface area contributed by atoms with Crippen LogP contribution >= 0.6 is 0 Å². The first kappa shape index (κ1) is 15.4. The van der Waals surface area contributed by atoms with Gasteiger partial charge in [0.25, 0.3) is 5.92 Å². The Morgan fingerprint density at radius 3 is 2.40 bits per heavy atom. The summed E-state index contributed by atoms with van der Waals surface area (Å²) in [6, 6.07) is 7.84. The number of nitrogens with two attached hydrogens (primary N) is 1. The van der Waals surface area contributed by atoms with Gasteiger partial charge in [0.15, 0.2) is 0 Å². The molecule has 1 aromatic rings. The van der Waals surface area contributed by atoms with Gasteiger partial charge < -0.3 is 10.5 Å². The quantitative estimate of drug-likeness (QED) is 0.866. The Morgan fingerprint density at radius 2 is 1.75 bits per heavy atom. The van der Waals surface area contributed by atoms with Gasteiger partial charge in [-0.2, -0.15) is 8.78 Å². The predicted octanol–water partition coefficient (Wildman–Crippen LogP) is 3.56. The van der Waals surface area contributed by atoms with Gasteiger partial charge in [0.05, 0.1) is 6.61 Å². The van der Waals surface area contributed by atoms with Crippen molar-refractivity contribution in [1.82, 2.24) is 0 Å². The lowest BCUT2D eigenvalue weighted by Gasteiger charge is -2.30. The van der Waals surface area contributed by atoms with E-state index in [9.17, 15) is 8.78 Å². The Kier molecular flexibility index (Phi) is 5.49. The fraction of sp³-hybridized carbons (Fsp3) is 0.625. The third kappa shape index (κ3) is 4.00. The summed E-state index contributed by atoms with van der Waals surface area (Å²) in [6.45, 7) is 0.470. The summed E-state index contributed by atoms with van der Waals surface area (Å²) in [6.07, 6.45) is 4.48. The highest BCUT2D eigenvalue weighted by molar-refractivity contribution is 5.19. The molecule has 0 bridgehead atoms. The molecule has 0 spiro atoms. The molecule has 20 heavy (non-hydrogen) atoms. The highest BCUT2D eigenvalue weighted by Crippen LogP contribution is 2.31. The lowest BCUT2D eigenvalue weighted by atomic mass is 9.80. The first-order valence-corrected chi connectivity index (χ1v) is 7.34. The van der Waals surface area contributed by atoms with Crippen LogP contribution in [0.4, 0.5) is 8.78 Å². The summed E-state index contributed by atoms with van der Waals surface area (Å²) in [4.78, 5) is 0. The summed E-state index contributed by atoms with van der Waals surface area (Å²) >= 11 is 0. The molecule has 1 aliphatic carbocycles. The van der Waals surface area contributed by atoms with Gasteiger partial charge in [0.1, 0.15) is 6.61 Å². The average molecular weight is 283 g/mol. The largest absolute Gasteiger partial charge is 0.375 e. The molecule has 1 aliphatic rings. The predicted molar refractivity (Wildman–Crippen MR) is 75.7 cm³/mol. The van der Waals surface area contributed by atoms with E-state index < -0.39 is 12.5 Å². The van der Waals surface area contributed by atoms with E-state index in [2.05, 4.69) is 0 Å². The summed E-state index contributed by atoms with van der Waals surface area (Å²) in [5.41, 5.74) is 5.75. The first-order chi connectivity index (χ1) is 9.63. The van der Waals surface area contributed by atoms with Crippen LogP contribution in [-0.2, 0) is 10.7 Å². The van der Waals surface area contributed by atoms with Crippen LogP contribution in [0.3, 0.4) is 0 Å². The number of hydrogen-bond acceptors (Lipinski definition) is 2. The highest BCUT2D eigenvalue weighted by Gasteiger charge is 2.32. The number of ether oxygens (including phenoxy) is 1. The summed E-state index contributed by atoms with van der Waals surface area (Å²) < 4.78 is 33.2. The Morgan fingerprint density at radius 1 is 1.10 bits per heavy atom. The number of halogens is 2. The fourth-order valence-electron chi connectivity index (χ4n) is 2.92. The maximum Gasteiger partial charge on any atom is 0.296 e. The third-order valence-electron chi connectivity index (χ3n) is 4.18. The molecular formula is C16H23F2NO. The molecule has 1 saturated carbocycles. The Balaban J connectivity index is 1.82. The van der Waals surface area contributed by atoms with Gasteiger partial charge in [0, 0.05) is 5.56 Å². The van der Waals surface area contributed by atoms with Crippen molar-refractivity contribution in [2.75, 3.05) is 19.8 Å².